The number of para-hydroxylation sites is 4. The van der Waals surface area contributed by atoms with Crippen LogP contribution in [-0.4, -0.2) is 67.4 Å². The second-order valence-electron chi connectivity index (χ2n) is 11.8. The number of anilines is 2. The Morgan fingerprint density at radius 2 is 0.942 bits per heavy atom. The predicted molar refractivity (Wildman–Crippen MR) is 217 cm³/mol. The van der Waals surface area contributed by atoms with E-state index < -0.39 is 10.5 Å². The molecule has 2 fully saturated rings. The van der Waals surface area contributed by atoms with E-state index in [9.17, 15) is 19.2 Å². The highest BCUT2D eigenvalue weighted by molar-refractivity contribution is 9.11. The number of aliphatic imine (C=N–C) groups is 2. The molecule has 0 aliphatic carbocycles. The standard InChI is InChI=1S/C38H34Br2N6O4S2/c39-27-17-7-9-19-29(27)43-33(47)23-31-35(49)45(37(51-31)41-25-13-3-1-4-14-25)21-11-12-22-46-36(50)32(52-38(46)42-26-15-5-2-6-16-26)24-34(48)44-30-20-10-8-18-28(30)40/h1-10,13-20,31-32H,11-12,21-24H2,(H,43,47)(H,44,48)/t31-,32-/m0/s1. The van der Waals surface area contributed by atoms with Gasteiger partial charge in [0.25, 0.3) is 0 Å². The molecule has 2 N–H and O–H groups in total. The van der Waals surface area contributed by atoms with Crippen LogP contribution in [-0.2, 0) is 19.2 Å². The lowest BCUT2D eigenvalue weighted by atomic mass is 10.2. The molecule has 2 heterocycles. The molecule has 266 valence electrons. The zero-order chi connectivity index (χ0) is 36.5. The molecular formula is C38H34Br2N6O4S2. The van der Waals surface area contributed by atoms with Crippen LogP contribution in [0.3, 0.4) is 0 Å². The van der Waals surface area contributed by atoms with E-state index in [1.807, 2.05) is 97.1 Å². The highest BCUT2D eigenvalue weighted by Crippen LogP contribution is 2.35. The monoisotopic (exact) mass is 860 g/mol. The predicted octanol–water partition coefficient (Wildman–Crippen LogP) is 8.61. The molecule has 10 nitrogen and oxygen atoms in total. The molecule has 0 bridgehead atoms. The van der Waals surface area contributed by atoms with Gasteiger partial charge in [0, 0.05) is 34.9 Å². The van der Waals surface area contributed by atoms with Crippen molar-refractivity contribution in [3.63, 3.8) is 0 Å². The Bertz CT molecular complexity index is 1860. The molecule has 6 rings (SSSR count). The highest BCUT2D eigenvalue weighted by Gasteiger charge is 2.41. The van der Waals surface area contributed by atoms with Crippen LogP contribution in [0.25, 0.3) is 0 Å². The first-order valence-corrected chi connectivity index (χ1v) is 19.9. The van der Waals surface area contributed by atoms with Crippen molar-refractivity contribution in [1.82, 2.24) is 9.80 Å². The van der Waals surface area contributed by atoms with Crippen LogP contribution >= 0.6 is 55.4 Å². The van der Waals surface area contributed by atoms with Crippen molar-refractivity contribution in [2.24, 2.45) is 9.98 Å². The summed E-state index contributed by atoms with van der Waals surface area (Å²) in [4.78, 5) is 66.3. The Kier molecular flexibility index (Phi) is 13.0. The van der Waals surface area contributed by atoms with Crippen molar-refractivity contribution in [3.05, 3.63) is 118 Å². The Labute approximate surface area is 327 Å². The molecule has 0 saturated carbocycles. The number of amidine groups is 2. The summed E-state index contributed by atoms with van der Waals surface area (Å²) in [6.07, 6.45) is 1.11. The van der Waals surface area contributed by atoms with Crippen molar-refractivity contribution in [1.29, 1.82) is 0 Å². The minimum atomic E-state index is -0.630. The van der Waals surface area contributed by atoms with Gasteiger partial charge in [0.2, 0.25) is 23.6 Å². The molecule has 0 unspecified atom stereocenters. The molecule has 0 radical (unpaired) electrons. The molecule has 2 saturated heterocycles. The molecule has 14 heteroatoms. The van der Waals surface area contributed by atoms with Crippen molar-refractivity contribution in [2.75, 3.05) is 23.7 Å². The highest BCUT2D eigenvalue weighted by atomic mass is 79.9. The van der Waals surface area contributed by atoms with E-state index in [0.29, 0.717) is 59.0 Å². The summed E-state index contributed by atoms with van der Waals surface area (Å²) in [5.41, 5.74) is 2.68. The summed E-state index contributed by atoms with van der Waals surface area (Å²) in [5, 5.41) is 5.58. The van der Waals surface area contributed by atoms with Gasteiger partial charge in [0.05, 0.1) is 22.7 Å². The molecule has 4 amide bonds. The van der Waals surface area contributed by atoms with Gasteiger partial charge >= 0.3 is 0 Å². The summed E-state index contributed by atoms with van der Waals surface area (Å²) in [6, 6.07) is 33.4. The fourth-order valence-electron chi connectivity index (χ4n) is 5.49. The molecule has 2 atom stereocenters. The average molecular weight is 863 g/mol. The summed E-state index contributed by atoms with van der Waals surface area (Å²) in [7, 11) is 0. The van der Waals surface area contributed by atoms with Crippen LogP contribution in [0.15, 0.2) is 128 Å². The van der Waals surface area contributed by atoms with Gasteiger partial charge in [0.15, 0.2) is 10.3 Å². The van der Waals surface area contributed by atoms with Crippen molar-refractivity contribution in [2.45, 2.75) is 36.2 Å². The third kappa shape index (κ3) is 9.79. The minimum Gasteiger partial charge on any atom is -0.325 e. The second kappa shape index (κ2) is 18.0. The summed E-state index contributed by atoms with van der Waals surface area (Å²) >= 11 is 9.47. The van der Waals surface area contributed by atoms with Gasteiger partial charge in [0.1, 0.15) is 10.5 Å². The van der Waals surface area contributed by atoms with Crippen LogP contribution in [0, 0.1) is 0 Å². The molecule has 0 spiro atoms. The molecule has 2 aliphatic rings. The second-order valence-corrected chi connectivity index (χ2v) is 15.9. The molecular weight excluding hydrogens is 828 g/mol. The van der Waals surface area contributed by atoms with Crippen molar-refractivity contribution in [3.8, 4) is 0 Å². The van der Waals surface area contributed by atoms with E-state index in [1.165, 1.54) is 23.5 Å². The van der Waals surface area contributed by atoms with Gasteiger partial charge in [-0.3, -0.25) is 29.0 Å². The summed E-state index contributed by atoms with van der Waals surface area (Å²) in [6.45, 7) is 0.718. The van der Waals surface area contributed by atoms with Gasteiger partial charge in [-0.2, -0.15) is 0 Å². The van der Waals surface area contributed by atoms with E-state index in [-0.39, 0.29) is 36.5 Å². The normalized spacial score (nSPS) is 18.7. The molecule has 4 aromatic carbocycles. The molecule has 2 aliphatic heterocycles. The number of hydrogen-bond acceptors (Lipinski definition) is 8. The number of thioether (sulfide) groups is 2. The summed E-state index contributed by atoms with van der Waals surface area (Å²) < 4.78 is 1.51. The Hall–Kier alpha value is -4.24. The van der Waals surface area contributed by atoms with Crippen molar-refractivity contribution < 1.29 is 19.2 Å². The Balaban J connectivity index is 1.11. The third-order valence-electron chi connectivity index (χ3n) is 8.05. The number of rotatable bonds is 13. The van der Waals surface area contributed by atoms with Crippen LogP contribution in [0.5, 0.6) is 0 Å². The zero-order valence-electron chi connectivity index (χ0n) is 27.8. The Morgan fingerprint density at radius 1 is 0.577 bits per heavy atom. The largest absolute Gasteiger partial charge is 0.325 e. The third-order valence-corrected chi connectivity index (χ3v) is 11.8. The smallest absolute Gasteiger partial charge is 0.242 e. The van der Waals surface area contributed by atoms with E-state index in [4.69, 9.17) is 9.98 Å². The first-order valence-electron chi connectivity index (χ1n) is 16.6. The lowest BCUT2D eigenvalue weighted by Gasteiger charge is -2.19. The number of carbonyl (C=O) groups excluding carboxylic acids is 4. The first-order chi connectivity index (χ1) is 25.2. The summed E-state index contributed by atoms with van der Waals surface area (Å²) in [5.74, 6) is -0.906. The van der Waals surface area contributed by atoms with E-state index in [1.54, 1.807) is 21.9 Å². The van der Waals surface area contributed by atoms with E-state index >= 15 is 0 Å². The van der Waals surface area contributed by atoms with Gasteiger partial charge in [-0.25, -0.2) is 9.98 Å². The van der Waals surface area contributed by atoms with Crippen LogP contribution < -0.4 is 10.6 Å². The van der Waals surface area contributed by atoms with E-state index in [0.717, 1.165) is 8.95 Å². The number of carbonyl (C=O) groups is 4. The lowest BCUT2D eigenvalue weighted by Crippen LogP contribution is -2.36. The topological polar surface area (TPSA) is 124 Å². The fraction of sp³-hybridized carbons (Fsp3) is 0.211. The van der Waals surface area contributed by atoms with Gasteiger partial charge in [-0.1, -0.05) is 84.2 Å². The molecule has 52 heavy (non-hydrogen) atoms. The molecule has 0 aromatic heterocycles. The number of unbranched alkanes of at least 4 members (excludes halogenated alkanes) is 1. The molecule has 4 aromatic rings. The zero-order valence-corrected chi connectivity index (χ0v) is 32.6. The van der Waals surface area contributed by atoms with Gasteiger partial charge in [-0.05, 0) is 93.2 Å². The fourth-order valence-corrected chi connectivity index (χ4v) is 8.63. The number of benzene rings is 4. The average Bonchev–Trinajstić information content (AvgIpc) is 3.58. The maximum Gasteiger partial charge on any atom is 0.242 e. The van der Waals surface area contributed by atoms with Crippen LogP contribution in [0.1, 0.15) is 25.7 Å². The van der Waals surface area contributed by atoms with Gasteiger partial charge < -0.3 is 10.6 Å². The first kappa shape index (κ1) is 37.5. The lowest BCUT2D eigenvalue weighted by molar-refractivity contribution is -0.128. The van der Waals surface area contributed by atoms with Gasteiger partial charge in [-0.15, -0.1) is 0 Å². The SMILES string of the molecule is O=C(C[C@@H]1SC(=Nc2ccccc2)N(CCCCN2C(=O)[C@H](CC(=O)Nc3ccccc3Br)SC2=Nc2ccccc2)C1=O)Nc1ccccc1Br. The maximum absolute atomic E-state index is 13.7. The van der Waals surface area contributed by atoms with Crippen LogP contribution in [0.2, 0.25) is 0 Å². The maximum atomic E-state index is 13.7. The minimum absolute atomic E-state index is 0.00977. The van der Waals surface area contributed by atoms with Crippen molar-refractivity contribution >= 4 is 112 Å². The number of nitrogens with one attached hydrogen (secondary N) is 2. The quantitative estimate of drug-likeness (QED) is 0.130. The van der Waals surface area contributed by atoms with Crippen LogP contribution in [0.4, 0.5) is 22.7 Å². The van der Waals surface area contributed by atoms with E-state index in [2.05, 4.69) is 42.5 Å². The number of halogens is 2. The number of amides is 4. The number of hydrogen-bond donors (Lipinski definition) is 2. The number of nitrogens with zero attached hydrogens (tertiary/aromatic N) is 4. The Morgan fingerprint density at radius 3 is 1.33 bits per heavy atom.